The predicted octanol–water partition coefficient (Wildman–Crippen LogP) is 14.1. The minimum atomic E-state index is -1.05. The van der Waals surface area contributed by atoms with Crippen LogP contribution in [0, 0.1) is 27.7 Å². The number of phenolic OH excluding ortho intramolecular Hbond substituents is 1. The number of aryl methyl sites for hydroxylation is 4. The molecule has 0 bridgehead atoms. The smallest absolute Gasteiger partial charge is 0.424 e. The molecule has 5 N–H and O–H groups in total. The number of cyclic esters (lactones) is 3. The van der Waals surface area contributed by atoms with Gasteiger partial charge in [-0.25, -0.2) is 43.5 Å². The fraction of sp³-hybridized carbons (Fsp3) is 0.457. The topological polar surface area (TPSA) is 443 Å². The number of alkyl halides is 1. The molecule has 0 spiro atoms. The number of hydrogen-bond donors (Lipinski definition) is 4. The zero-order chi connectivity index (χ0) is 95.5. The highest BCUT2D eigenvalue weighted by Gasteiger charge is 2.50. The number of nitrogens with zero attached hydrogens (tertiary/aromatic N) is 9. The average molecular weight is 1850 g/mol. The van der Waals surface area contributed by atoms with Crippen molar-refractivity contribution < 1.29 is 115 Å². The third-order valence-corrected chi connectivity index (χ3v) is 20.0. The van der Waals surface area contributed by atoms with Crippen LogP contribution >= 0.6 is 15.9 Å². The molecule has 37 heteroatoms. The summed E-state index contributed by atoms with van der Waals surface area (Å²) in [5.41, 5.74) is 11.7. The zero-order valence-corrected chi connectivity index (χ0v) is 76.9. The summed E-state index contributed by atoms with van der Waals surface area (Å²) in [7, 11) is 4.50. The third-order valence-electron chi connectivity index (χ3n) is 19.1. The number of aliphatic hydroxyl groups excluding tert-OH is 1. The molecular weight excluding hydrogens is 1730 g/mol. The first-order valence-corrected chi connectivity index (χ1v) is 42.9. The van der Waals surface area contributed by atoms with Crippen molar-refractivity contribution in [3.05, 3.63) is 209 Å². The summed E-state index contributed by atoms with van der Waals surface area (Å²) in [5.74, 6) is -3.81. The van der Waals surface area contributed by atoms with E-state index >= 15 is 0 Å². The SMILES string of the molecule is C1CCOC1.C1CCOC1.CC(C)(C)OC(=O)N1C(=O)CCC(Br)C1=O.CC(C)(C)OC(=O)N1C(=O)CCC(N2CC(c3ccc(O)cc3)OC2=O)C1=O.Cc1ccc(C(O)CN)cc1.Cc1ccc(C2CN(C3CCC(=O)N(C(=O)OC(C)(C)C)C3=O)C(=O)O2)cc1.Cc1ccc(C2CNC(=O)O2)cc1.Cc1ccc(C=O)cc1.O=C(n1ccnc1)n1ccnc1.[B]C. The molecule has 2 aromatic heterocycles. The standard InChI is InChI=1S/C20H24N2O6.C19H22N2O7.C10H14BrNO4.C10H11NO2.C9H13NO.C8H8O.C7H6N4O.2C4H8O.CH3B/c1-12-5-7-13(8-6-12)15-11-21(18(25)27-15)14-9-10-16(23)22(17(14)24)19(26)28-20(2,3)4;1-19(2,3)28-18(26)21-15(23)9-8-13(16(21)24)20-10-14(27-17(20)25)11-4-6-12(22)7-5-11;1-10(2,3)16-9(15)12-7(13)5-4-6(11)8(12)14;1-7-2-4-8(5-3-7)9-6-11-10(12)13-9;1-7-2-4-8(5-3-7)9(11)6-10;1-7-2-4-8(6-9)5-3-7;12-7(10-3-1-8-5-10)11-4-2-9-6-11;2*1-2-4-5-3-1;1-2/h5-8,14-15H,9-11H2,1-4H3;4-7,13-14,22H,8-10H2,1-3H3;6H,4-5H2,1-3H3;2-5,9H,6H2,1H3,(H,11,12);2-5,9,11H,6,10H2,1H3;2-6H,1H3;1-6H;2*1-4H2;1H3. The molecule has 694 valence electrons. The van der Waals surface area contributed by atoms with Crippen molar-refractivity contribution in [2.45, 2.75) is 219 Å². The molecule has 35 nitrogen and oxygen atoms in total. The minimum Gasteiger partial charge on any atom is -0.508 e. The van der Waals surface area contributed by atoms with Crippen molar-refractivity contribution in [3.8, 4) is 5.75 Å². The predicted molar refractivity (Wildman–Crippen MR) is 476 cm³/mol. The Hall–Kier alpha value is -12.3. The first kappa shape index (κ1) is 105. The van der Waals surface area contributed by atoms with E-state index in [4.69, 9.17) is 43.6 Å². The lowest BCUT2D eigenvalue weighted by atomic mass is 10.0. The van der Waals surface area contributed by atoms with Gasteiger partial charge in [-0.1, -0.05) is 154 Å². The molecule has 8 saturated heterocycles. The Kier molecular flexibility index (Phi) is 41.7. The molecule has 2 radical (unpaired) electrons. The number of ether oxygens (including phenoxy) is 8. The Bertz CT molecular complexity index is 4640. The molecule has 10 heterocycles. The molecule has 0 saturated carbocycles. The molecule has 129 heavy (non-hydrogen) atoms. The molecule has 7 unspecified atom stereocenters. The number of imidazole rings is 2. The number of aromatic hydroxyl groups is 1. The fourth-order valence-corrected chi connectivity index (χ4v) is 12.9. The van der Waals surface area contributed by atoms with Crippen molar-refractivity contribution in [1.82, 2.24) is 48.9 Å². The number of carbonyl (C=O) groups excluding carboxylic acids is 14. The number of aromatic nitrogens is 4. The van der Waals surface area contributed by atoms with E-state index in [0.29, 0.717) is 33.2 Å². The second kappa shape index (κ2) is 51.0. The summed E-state index contributed by atoms with van der Waals surface area (Å²) in [6, 6.07) is 34.8. The number of piperidine rings is 3. The van der Waals surface area contributed by atoms with E-state index in [0.717, 1.165) is 60.5 Å². The average Bonchev–Trinajstić information content (AvgIpc) is 1.65. The van der Waals surface area contributed by atoms with E-state index in [9.17, 15) is 77.3 Å². The van der Waals surface area contributed by atoms with Crippen molar-refractivity contribution in [1.29, 1.82) is 0 Å². The van der Waals surface area contributed by atoms with Gasteiger partial charge in [0.1, 0.15) is 71.9 Å². The molecule has 8 fully saturated rings. The maximum absolute atomic E-state index is 12.8. The van der Waals surface area contributed by atoms with Crippen molar-refractivity contribution >= 4 is 108 Å². The van der Waals surface area contributed by atoms with Crippen LogP contribution in [0.15, 0.2) is 159 Å². The normalized spacial score (nSPS) is 19.4. The maximum atomic E-state index is 12.8. The number of nitrogens with two attached hydrogens (primary N) is 1. The van der Waals surface area contributed by atoms with Gasteiger partial charge in [0.25, 0.3) is 17.7 Å². The monoisotopic (exact) mass is 1850 g/mol. The number of phenols is 1. The zero-order valence-electron chi connectivity index (χ0n) is 75.3. The highest BCUT2D eigenvalue weighted by atomic mass is 79.9. The fourth-order valence-electron chi connectivity index (χ4n) is 12.5. The number of aliphatic hydroxyl groups is 1. The molecular formula is C92H117BBrN11O24. The Balaban J connectivity index is 0.000000234. The van der Waals surface area contributed by atoms with Gasteiger partial charge in [-0.2, -0.15) is 14.7 Å². The van der Waals surface area contributed by atoms with Crippen LogP contribution in [0.3, 0.4) is 0 Å². The van der Waals surface area contributed by atoms with Crippen LogP contribution in [0.1, 0.15) is 206 Å². The summed E-state index contributed by atoms with van der Waals surface area (Å²) in [6.45, 7) is 29.5. The lowest BCUT2D eigenvalue weighted by molar-refractivity contribution is -0.152. The van der Waals surface area contributed by atoms with Gasteiger partial charge >= 0.3 is 42.6 Å². The summed E-state index contributed by atoms with van der Waals surface area (Å²) >= 11 is 3.12. The van der Waals surface area contributed by atoms with Crippen LogP contribution in [0.25, 0.3) is 0 Å². The van der Waals surface area contributed by atoms with Crippen LogP contribution in [0.4, 0.5) is 33.6 Å². The number of rotatable bonds is 8. The van der Waals surface area contributed by atoms with Gasteiger partial charge in [0.15, 0.2) is 0 Å². The Morgan fingerprint density at radius 1 is 0.512 bits per heavy atom. The molecule has 7 aromatic rings. The summed E-state index contributed by atoms with van der Waals surface area (Å²) in [5, 5.41) is 21.3. The van der Waals surface area contributed by atoms with Gasteiger partial charge in [0.05, 0.1) is 38.4 Å². The van der Waals surface area contributed by atoms with Gasteiger partial charge in [0.2, 0.25) is 17.7 Å². The van der Waals surface area contributed by atoms with Gasteiger partial charge < -0.3 is 59.2 Å². The quantitative estimate of drug-likeness (QED) is 0.0361. The molecule has 8 aliphatic rings. The first-order chi connectivity index (χ1) is 61.0. The van der Waals surface area contributed by atoms with E-state index in [2.05, 4.69) is 39.1 Å². The van der Waals surface area contributed by atoms with Gasteiger partial charge in [0, 0.05) is 82.6 Å². The van der Waals surface area contributed by atoms with Crippen LogP contribution in [-0.2, 0) is 66.7 Å². The summed E-state index contributed by atoms with van der Waals surface area (Å²) < 4.78 is 43.7. The number of benzene rings is 5. The highest BCUT2D eigenvalue weighted by Crippen LogP contribution is 2.35. The van der Waals surface area contributed by atoms with Crippen LogP contribution < -0.4 is 11.1 Å². The van der Waals surface area contributed by atoms with Crippen LogP contribution in [-0.4, -0.2) is 232 Å². The molecule has 0 aliphatic carbocycles. The number of imide groups is 9. The molecule has 8 aliphatic heterocycles. The van der Waals surface area contributed by atoms with Gasteiger partial charge in [-0.15, -0.1) is 0 Å². The number of hydrogen-bond acceptors (Lipinski definition) is 27. The molecule has 12 amide bonds. The molecule has 15 rings (SSSR count). The molecule has 7 atom stereocenters. The van der Waals surface area contributed by atoms with E-state index in [1.54, 1.807) is 99.2 Å². The number of halogens is 1. The highest BCUT2D eigenvalue weighted by molar-refractivity contribution is 9.10. The van der Waals surface area contributed by atoms with Gasteiger partial charge in [-0.05, 0) is 169 Å². The van der Waals surface area contributed by atoms with Crippen molar-refractivity contribution in [2.75, 3.05) is 52.6 Å². The number of likely N-dealkylation sites (tertiary alicyclic amines) is 3. The summed E-state index contributed by atoms with van der Waals surface area (Å²) in [6.07, 6.45) is 9.47. The lowest BCUT2D eigenvalue weighted by Crippen LogP contribution is -2.57. The Morgan fingerprint density at radius 2 is 0.853 bits per heavy atom. The van der Waals surface area contributed by atoms with E-state index < -0.39 is 118 Å². The Labute approximate surface area is 760 Å². The summed E-state index contributed by atoms with van der Waals surface area (Å²) in [4.78, 5) is 177. The van der Waals surface area contributed by atoms with Crippen molar-refractivity contribution in [2.24, 2.45) is 5.73 Å². The van der Waals surface area contributed by atoms with E-state index in [-0.39, 0.29) is 75.7 Å². The van der Waals surface area contributed by atoms with Crippen molar-refractivity contribution in [3.63, 3.8) is 0 Å². The number of carbonyl (C=O) groups is 14. The molecule has 5 aromatic carbocycles. The maximum Gasteiger partial charge on any atom is 0.424 e. The second-order valence-electron chi connectivity index (χ2n) is 33.0. The number of amides is 12. The third kappa shape index (κ3) is 34.3. The van der Waals surface area contributed by atoms with Crippen LogP contribution in [0.2, 0.25) is 6.82 Å². The number of alkyl carbamates (subject to hydrolysis) is 1. The van der Waals surface area contributed by atoms with E-state index in [1.807, 2.05) is 125 Å². The largest absolute Gasteiger partial charge is 0.508 e. The number of aldehydes is 1. The van der Waals surface area contributed by atoms with Gasteiger partial charge in [-0.3, -0.25) is 52.5 Å². The first-order valence-electron chi connectivity index (χ1n) is 42.0. The number of nitrogens with one attached hydrogen (secondary N) is 1. The van der Waals surface area contributed by atoms with Crippen LogP contribution in [0.5, 0.6) is 5.75 Å². The lowest BCUT2D eigenvalue weighted by Gasteiger charge is -2.34. The minimum absolute atomic E-state index is 0.0331. The second-order valence-corrected chi connectivity index (χ2v) is 34.2. The Morgan fingerprint density at radius 3 is 1.17 bits per heavy atom. The van der Waals surface area contributed by atoms with E-state index in [1.165, 1.54) is 92.9 Å².